The van der Waals surface area contributed by atoms with E-state index < -0.39 is 0 Å². The Balaban J connectivity index is 1.47. The summed E-state index contributed by atoms with van der Waals surface area (Å²) >= 11 is 0. The lowest BCUT2D eigenvalue weighted by Crippen LogP contribution is -2.46. The minimum absolute atomic E-state index is 0.00954. The van der Waals surface area contributed by atoms with Crippen LogP contribution in [0.25, 0.3) is 0 Å². The van der Waals surface area contributed by atoms with Crippen LogP contribution in [0.5, 0.6) is 0 Å². The predicted molar refractivity (Wildman–Crippen MR) is 102 cm³/mol. The van der Waals surface area contributed by atoms with Crippen molar-refractivity contribution in [2.45, 2.75) is 70.4 Å². The number of carbonyl (C=O) groups is 1. The highest BCUT2D eigenvalue weighted by atomic mass is 16.2. The first-order valence-corrected chi connectivity index (χ1v) is 10.4. The fourth-order valence-corrected chi connectivity index (χ4v) is 4.66. The number of amides is 1. The molecule has 6 nitrogen and oxygen atoms in total. The van der Waals surface area contributed by atoms with E-state index in [1.54, 1.807) is 0 Å². The Bertz CT molecular complexity index is 643. The summed E-state index contributed by atoms with van der Waals surface area (Å²) < 4.78 is 0. The van der Waals surface area contributed by atoms with Gasteiger partial charge >= 0.3 is 0 Å². The number of aromatic nitrogens is 2. The van der Waals surface area contributed by atoms with Crippen LogP contribution in [0.4, 0.5) is 5.82 Å². The monoisotopic (exact) mass is 357 g/mol. The third-order valence-corrected chi connectivity index (χ3v) is 6.31. The Labute approximate surface area is 156 Å². The van der Waals surface area contributed by atoms with Crippen LogP contribution in [-0.2, 0) is 17.8 Å². The molecule has 2 fully saturated rings. The first kappa shape index (κ1) is 17.7. The maximum Gasteiger partial charge on any atom is 0.227 e. The fraction of sp³-hybridized carbons (Fsp3) is 0.750. The lowest BCUT2D eigenvalue weighted by Gasteiger charge is -2.34. The number of carbonyl (C=O) groups excluding carboxylic acids is 1. The third-order valence-electron chi connectivity index (χ3n) is 6.31. The van der Waals surface area contributed by atoms with E-state index in [0.717, 1.165) is 63.3 Å². The summed E-state index contributed by atoms with van der Waals surface area (Å²) in [4.78, 5) is 17.5. The van der Waals surface area contributed by atoms with Crippen molar-refractivity contribution >= 4 is 11.7 Å². The molecule has 0 radical (unpaired) electrons. The molecule has 2 unspecified atom stereocenters. The second kappa shape index (κ2) is 7.91. The quantitative estimate of drug-likeness (QED) is 0.879. The van der Waals surface area contributed by atoms with Crippen LogP contribution < -0.4 is 10.6 Å². The van der Waals surface area contributed by atoms with Gasteiger partial charge in [-0.25, -0.2) is 0 Å². The zero-order valence-corrected chi connectivity index (χ0v) is 15.7. The topological polar surface area (TPSA) is 75.4 Å². The van der Waals surface area contributed by atoms with Gasteiger partial charge in [0.25, 0.3) is 0 Å². The minimum Gasteiger partial charge on any atom is -0.355 e. The third kappa shape index (κ3) is 3.70. The molecule has 2 N–H and O–H groups in total. The summed E-state index contributed by atoms with van der Waals surface area (Å²) in [5.74, 6) is 1.22. The number of nitrogens with zero attached hydrogens (tertiary/aromatic N) is 4. The first-order chi connectivity index (χ1) is 12.7. The number of hydrogen-bond acceptors (Lipinski definition) is 5. The van der Waals surface area contributed by atoms with Gasteiger partial charge in [0.1, 0.15) is 0 Å². The Morgan fingerprint density at radius 3 is 2.58 bits per heavy atom. The summed E-state index contributed by atoms with van der Waals surface area (Å²) in [6.45, 7) is 3.53. The van der Waals surface area contributed by atoms with E-state index in [2.05, 4.69) is 21.2 Å². The molecule has 142 valence electrons. The van der Waals surface area contributed by atoms with Crippen LogP contribution >= 0.6 is 0 Å². The van der Waals surface area contributed by atoms with Gasteiger partial charge in [-0.3, -0.25) is 4.79 Å². The van der Waals surface area contributed by atoms with E-state index in [-0.39, 0.29) is 17.9 Å². The number of nitrogens with two attached hydrogens (primary N) is 1. The van der Waals surface area contributed by atoms with Crippen LogP contribution in [0.3, 0.4) is 0 Å². The lowest BCUT2D eigenvalue weighted by atomic mass is 9.86. The van der Waals surface area contributed by atoms with Crippen molar-refractivity contribution in [3.05, 3.63) is 17.3 Å². The molecule has 1 aromatic rings. The van der Waals surface area contributed by atoms with E-state index in [0.29, 0.717) is 6.54 Å². The largest absolute Gasteiger partial charge is 0.355 e. The molecule has 1 aromatic heterocycles. The number of rotatable bonds is 2. The number of anilines is 1. The van der Waals surface area contributed by atoms with E-state index >= 15 is 0 Å². The highest BCUT2D eigenvalue weighted by molar-refractivity contribution is 5.80. The van der Waals surface area contributed by atoms with Crippen molar-refractivity contribution < 1.29 is 4.79 Å². The van der Waals surface area contributed by atoms with Crippen molar-refractivity contribution in [3.8, 4) is 0 Å². The van der Waals surface area contributed by atoms with Gasteiger partial charge in [0, 0.05) is 38.6 Å². The van der Waals surface area contributed by atoms with Gasteiger partial charge in [0.15, 0.2) is 5.82 Å². The van der Waals surface area contributed by atoms with Crippen molar-refractivity contribution in [2.75, 3.05) is 24.5 Å². The first-order valence-electron chi connectivity index (χ1n) is 10.4. The maximum atomic E-state index is 13.2. The Hall–Kier alpha value is -1.69. The zero-order chi connectivity index (χ0) is 17.9. The minimum atomic E-state index is -0.00954. The van der Waals surface area contributed by atoms with E-state index in [1.165, 1.54) is 31.2 Å². The lowest BCUT2D eigenvalue weighted by molar-refractivity contribution is -0.137. The molecule has 0 bridgehead atoms. The zero-order valence-electron chi connectivity index (χ0n) is 15.7. The molecule has 1 aliphatic carbocycles. The smallest absolute Gasteiger partial charge is 0.227 e. The molecular formula is C20H31N5O. The number of fused-ring (bicyclic) bond motifs is 1. The summed E-state index contributed by atoms with van der Waals surface area (Å²) in [5, 5.41) is 8.88. The van der Waals surface area contributed by atoms with Crippen LogP contribution in [0.2, 0.25) is 0 Å². The van der Waals surface area contributed by atoms with Gasteiger partial charge in [-0.2, -0.15) is 5.10 Å². The molecule has 26 heavy (non-hydrogen) atoms. The van der Waals surface area contributed by atoms with Crippen molar-refractivity contribution in [2.24, 2.45) is 11.7 Å². The standard InChI is InChI=1S/C20H31N5O/c21-17-8-4-2-1-3-7-16(17)20(26)25-12-9-18-15(14-25)13-19(23-22-18)24-10-5-6-11-24/h13,16-17H,1-12,14,21H2. The molecule has 3 aliphatic rings. The Morgan fingerprint density at radius 1 is 1.00 bits per heavy atom. The van der Waals surface area contributed by atoms with Crippen LogP contribution in [0, 0.1) is 5.92 Å². The molecule has 3 heterocycles. The predicted octanol–water partition coefficient (Wildman–Crippen LogP) is 2.26. The maximum absolute atomic E-state index is 13.2. The van der Waals surface area contributed by atoms with Crippen LogP contribution in [0.15, 0.2) is 6.07 Å². The van der Waals surface area contributed by atoms with Gasteiger partial charge in [-0.15, -0.1) is 5.10 Å². The molecule has 1 saturated carbocycles. The second-order valence-electron chi connectivity index (χ2n) is 8.14. The molecular weight excluding hydrogens is 326 g/mol. The summed E-state index contributed by atoms with van der Waals surface area (Å²) in [6.07, 6.45) is 9.93. The fourth-order valence-electron chi connectivity index (χ4n) is 4.66. The van der Waals surface area contributed by atoms with Gasteiger partial charge < -0.3 is 15.5 Å². The van der Waals surface area contributed by atoms with Crippen LogP contribution in [0.1, 0.15) is 62.6 Å². The molecule has 0 spiro atoms. The molecule has 0 aromatic carbocycles. The molecule has 1 saturated heterocycles. The van der Waals surface area contributed by atoms with Gasteiger partial charge in [0.05, 0.1) is 11.6 Å². The summed E-state index contributed by atoms with van der Waals surface area (Å²) in [6, 6.07) is 2.17. The van der Waals surface area contributed by atoms with Gasteiger partial charge in [0.2, 0.25) is 5.91 Å². The van der Waals surface area contributed by atoms with Crippen molar-refractivity contribution in [3.63, 3.8) is 0 Å². The van der Waals surface area contributed by atoms with Gasteiger partial charge in [-0.05, 0) is 37.3 Å². The Morgan fingerprint density at radius 2 is 1.77 bits per heavy atom. The van der Waals surface area contributed by atoms with E-state index in [1.807, 2.05) is 4.90 Å². The highest BCUT2D eigenvalue weighted by Crippen LogP contribution is 2.27. The average Bonchev–Trinajstić information content (AvgIpc) is 3.18. The van der Waals surface area contributed by atoms with Gasteiger partial charge in [-0.1, -0.05) is 25.7 Å². The highest BCUT2D eigenvalue weighted by Gasteiger charge is 2.32. The SMILES string of the molecule is NC1CCCCCCC1C(=O)N1CCc2nnc(N3CCCC3)cc2C1. The number of hydrogen-bond donors (Lipinski definition) is 1. The second-order valence-corrected chi connectivity index (χ2v) is 8.14. The van der Waals surface area contributed by atoms with Crippen molar-refractivity contribution in [1.82, 2.24) is 15.1 Å². The normalized spacial score (nSPS) is 27.0. The molecule has 4 rings (SSSR count). The van der Waals surface area contributed by atoms with E-state index in [4.69, 9.17) is 5.73 Å². The Kier molecular flexibility index (Phi) is 5.38. The van der Waals surface area contributed by atoms with E-state index in [9.17, 15) is 4.79 Å². The average molecular weight is 358 g/mol. The molecule has 6 heteroatoms. The summed E-state index contributed by atoms with van der Waals surface area (Å²) in [7, 11) is 0. The molecule has 2 aliphatic heterocycles. The molecule has 1 amide bonds. The molecule has 2 atom stereocenters. The van der Waals surface area contributed by atoms with Crippen LogP contribution in [-0.4, -0.2) is 46.7 Å². The summed E-state index contributed by atoms with van der Waals surface area (Å²) in [5.41, 5.74) is 8.60. The van der Waals surface area contributed by atoms with Crippen molar-refractivity contribution in [1.29, 1.82) is 0 Å².